The van der Waals surface area contributed by atoms with Crippen LogP contribution in [0.15, 0.2) is 30.3 Å². The molecule has 0 radical (unpaired) electrons. The van der Waals surface area contributed by atoms with E-state index in [4.69, 9.17) is 18.9 Å². The first-order chi connectivity index (χ1) is 16.3. The van der Waals surface area contributed by atoms with Crippen LogP contribution in [-0.4, -0.2) is 64.3 Å². The van der Waals surface area contributed by atoms with Gasteiger partial charge < -0.3 is 29.6 Å². The second-order valence-electron chi connectivity index (χ2n) is 7.23. The first-order valence-corrected chi connectivity index (χ1v) is 11.8. The summed E-state index contributed by atoms with van der Waals surface area (Å²) < 4.78 is 20.7. The van der Waals surface area contributed by atoms with Crippen LogP contribution in [0.4, 0.5) is 5.69 Å². The van der Waals surface area contributed by atoms with Crippen molar-refractivity contribution in [2.24, 2.45) is 0 Å². The topological polar surface area (TPSA) is 112 Å². The zero-order chi connectivity index (χ0) is 25.3. The van der Waals surface area contributed by atoms with Crippen LogP contribution in [0.3, 0.4) is 0 Å². The quantitative estimate of drug-likeness (QED) is 0.462. The molecule has 2 aromatic rings. The molecule has 0 unspecified atom stereocenters. The third-order valence-corrected chi connectivity index (χ3v) is 5.72. The molecule has 2 rings (SSSR count). The highest BCUT2D eigenvalue weighted by atomic mass is 32.2. The average molecular weight is 491 g/mol. The van der Waals surface area contributed by atoms with E-state index in [-0.39, 0.29) is 5.56 Å². The maximum atomic E-state index is 13.1. The lowest BCUT2D eigenvalue weighted by atomic mass is 10.1. The number of amides is 2. The highest BCUT2D eigenvalue weighted by Gasteiger charge is 2.24. The molecule has 0 saturated heterocycles. The monoisotopic (exact) mass is 490 g/mol. The number of carbonyl (C=O) groups is 3. The number of rotatable bonds is 11. The molecule has 0 bridgehead atoms. The van der Waals surface area contributed by atoms with E-state index in [9.17, 15) is 14.4 Å². The van der Waals surface area contributed by atoms with Gasteiger partial charge in [0.1, 0.15) is 6.04 Å². The molecule has 184 valence electrons. The normalized spacial score (nSPS) is 11.2. The molecule has 0 aliphatic heterocycles. The standard InChI is InChI=1S/C24H30N2O7S/c1-14-7-8-15(24(29)33-5)11-18(14)26-23(28)17(9-10-34-6)25-22(27)16-12-19(30-2)21(32-4)20(13-16)31-3/h7-8,11-13,17H,9-10H2,1-6H3,(H,25,27)(H,26,28)/t17-/m0/s1. The molecule has 0 spiro atoms. The Bertz CT molecular complexity index is 1020. The third-order valence-electron chi connectivity index (χ3n) is 5.08. The minimum absolute atomic E-state index is 0.250. The minimum Gasteiger partial charge on any atom is -0.493 e. The van der Waals surface area contributed by atoms with E-state index in [0.717, 1.165) is 5.56 Å². The van der Waals surface area contributed by atoms with Gasteiger partial charge in [-0.3, -0.25) is 9.59 Å². The Hall–Kier alpha value is -3.40. The van der Waals surface area contributed by atoms with Gasteiger partial charge in [-0.25, -0.2) is 4.79 Å². The Kier molecular flexibility index (Phi) is 10.1. The Morgan fingerprint density at radius 2 is 1.59 bits per heavy atom. The van der Waals surface area contributed by atoms with E-state index >= 15 is 0 Å². The number of esters is 1. The van der Waals surface area contributed by atoms with Gasteiger partial charge >= 0.3 is 5.97 Å². The number of aryl methyl sites for hydroxylation is 1. The van der Waals surface area contributed by atoms with Gasteiger partial charge in [0.15, 0.2) is 11.5 Å². The largest absolute Gasteiger partial charge is 0.493 e. The molecule has 0 aliphatic carbocycles. The zero-order valence-electron chi connectivity index (χ0n) is 20.1. The maximum Gasteiger partial charge on any atom is 0.337 e. The van der Waals surface area contributed by atoms with Crippen LogP contribution in [0.1, 0.15) is 32.7 Å². The molecule has 0 aromatic heterocycles. The Labute approximate surface area is 203 Å². The predicted octanol–water partition coefficient (Wildman–Crippen LogP) is 3.30. The molecule has 0 saturated carbocycles. The van der Waals surface area contributed by atoms with Crippen molar-refractivity contribution in [3.05, 3.63) is 47.0 Å². The highest BCUT2D eigenvalue weighted by Crippen LogP contribution is 2.38. The number of ether oxygens (including phenoxy) is 4. The molecular formula is C24H30N2O7S. The number of carbonyl (C=O) groups excluding carboxylic acids is 3. The van der Waals surface area contributed by atoms with Crippen LogP contribution in [0, 0.1) is 6.92 Å². The van der Waals surface area contributed by atoms with E-state index in [2.05, 4.69) is 10.6 Å². The van der Waals surface area contributed by atoms with Crippen LogP contribution in [-0.2, 0) is 9.53 Å². The van der Waals surface area contributed by atoms with Crippen molar-refractivity contribution < 1.29 is 33.3 Å². The summed E-state index contributed by atoms with van der Waals surface area (Å²) in [7, 11) is 5.68. The Morgan fingerprint density at radius 3 is 2.12 bits per heavy atom. The van der Waals surface area contributed by atoms with Crippen molar-refractivity contribution in [1.29, 1.82) is 0 Å². The smallest absolute Gasteiger partial charge is 0.337 e. The Morgan fingerprint density at radius 1 is 0.941 bits per heavy atom. The summed E-state index contributed by atoms with van der Waals surface area (Å²) in [5.41, 5.74) is 1.79. The van der Waals surface area contributed by atoms with Gasteiger partial charge in [-0.1, -0.05) is 6.07 Å². The molecule has 0 heterocycles. The summed E-state index contributed by atoms with van der Waals surface area (Å²) in [5.74, 6) is 0.277. The number of methoxy groups -OCH3 is 4. The van der Waals surface area contributed by atoms with Gasteiger partial charge in [0.05, 0.1) is 34.0 Å². The number of hydrogen-bond acceptors (Lipinski definition) is 8. The van der Waals surface area contributed by atoms with Crippen LogP contribution >= 0.6 is 11.8 Å². The van der Waals surface area contributed by atoms with Crippen molar-refractivity contribution in [2.45, 2.75) is 19.4 Å². The number of thioether (sulfide) groups is 1. The van der Waals surface area contributed by atoms with E-state index in [0.29, 0.717) is 40.7 Å². The average Bonchev–Trinajstić information content (AvgIpc) is 2.85. The molecule has 2 N–H and O–H groups in total. The van der Waals surface area contributed by atoms with Gasteiger partial charge in [0.2, 0.25) is 11.7 Å². The van der Waals surface area contributed by atoms with Crippen LogP contribution in [0.5, 0.6) is 17.2 Å². The summed E-state index contributed by atoms with van der Waals surface area (Å²) in [6.45, 7) is 1.81. The predicted molar refractivity (Wildman–Crippen MR) is 131 cm³/mol. The third kappa shape index (κ3) is 6.57. The summed E-state index contributed by atoms with van der Waals surface area (Å²) >= 11 is 1.56. The lowest BCUT2D eigenvalue weighted by Crippen LogP contribution is -2.44. The lowest BCUT2D eigenvalue weighted by Gasteiger charge is -2.20. The minimum atomic E-state index is -0.819. The molecule has 10 heteroatoms. The summed E-state index contributed by atoms with van der Waals surface area (Å²) in [6.07, 6.45) is 2.32. The van der Waals surface area contributed by atoms with Crippen LogP contribution in [0.25, 0.3) is 0 Å². The zero-order valence-corrected chi connectivity index (χ0v) is 21.0. The number of hydrogen-bond donors (Lipinski definition) is 2. The number of benzene rings is 2. The fourth-order valence-electron chi connectivity index (χ4n) is 3.18. The molecule has 9 nitrogen and oxygen atoms in total. The first kappa shape index (κ1) is 26.8. The summed E-state index contributed by atoms with van der Waals surface area (Å²) in [6, 6.07) is 7.10. The number of nitrogens with one attached hydrogen (secondary N) is 2. The maximum absolute atomic E-state index is 13.1. The second-order valence-corrected chi connectivity index (χ2v) is 8.22. The van der Waals surface area contributed by atoms with E-state index in [1.165, 1.54) is 40.6 Å². The van der Waals surface area contributed by atoms with Crippen molar-refractivity contribution in [2.75, 3.05) is 45.8 Å². The van der Waals surface area contributed by atoms with Gasteiger partial charge in [-0.05, 0) is 55.2 Å². The van der Waals surface area contributed by atoms with Crippen molar-refractivity contribution >= 4 is 35.2 Å². The van der Waals surface area contributed by atoms with Gasteiger partial charge in [0.25, 0.3) is 5.91 Å². The fourth-order valence-corrected chi connectivity index (χ4v) is 3.65. The van der Waals surface area contributed by atoms with Crippen LogP contribution < -0.4 is 24.8 Å². The van der Waals surface area contributed by atoms with Crippen molar-refractivity contribution in [1.82, 2.24) is 5.32 Å². The van der Waals surface area contributed by atoms with E-state index in [1.807, 2.05) is 13.2 Å². The summed E-state index contributed by atoms with van der Waals surface area (Å²) in [4.78, 5) is 38.0. The molecule has 2 amide bonds. The molecular weight excluding hydrogens is 460 g/mol. The summed E-state index contributed by atoms with van der Waals surface area (Å²) in [5, 5.41) is 5.61. The van der Waals surface area contributed by atoms with E-state index < -0.39 is 23.8 Å². The van der Waals surface area contributed by atoms with Crippen molar-refractivity contribution in [3.63, 3.8) is 0 Å². The Balaban J connectivity index is 2.29. The molecule has 34 heavy (non-hydrogen) atoms. The highest BCUT2D eigenvalue weighted by molar-refractivity contribution is 7.98. The fraction of sp³-hybridized carbons (Fsp3) is 0.375. The molecule has 0 fully saturated rings. The SMILES string of the molecule is COC(=O)c1ccc(C)c(NC(=O)[C@H](CCSC)NC(=O)c2cc(OC)c(OC)c(OC)c2)c1. The van der Waals surface area contributed by atoms with Crippen molar-refractivity contribution in [3.8, 4) is 17.2 Å². The first-order valence-electron chi connectivity index (χ1n) is 10.4. The van der Waals surface area contributed by atoms with Gasteiger partial charge in [-0.2, -0.15) is 11.8 Å². The molecule has 0 aliphatic rings. The van der Waals surface area contributed by atoms with Crippen LogP contribution in [0.2, 0.25) is 0 Å². The lowest BCUT2D eigenvalue weighted by molar-refractivity contribution is -0.118. The number of anilines is 1. The molecule has 2 aromatic carbocycles. The van der Waals surface area contributed by atoms with Gasteiger partial charge in [-0.15, -0.1) is 0 Å². The molecule has 1 atom stereocenters. The van der Waals surface area contributed by atoms with Gasteiger partial charge in [0, 0.05) is 11.3 Å². The van der Waals surface area contributed by atoms with E-state index in [1.54, 1.807) is 30.0 Å². The second kappa shape index (κ2) is 12.7.